The minimum absolute atomic E-state index is 0.0858. The maximum Gasteiger partial charge on any atom is 0.210 e. The lowest BCUT2D eigenvalue weighted by atomic mass is 9.84. The standard InChI is InChI=1S/C19H18N2O3/c1-12-5-4-6-13(11-12)21-17-16(20-9-10-22)18(23)14-7-2-3-8-15(14)19(17)24/h2-8,11,17,21-22H,9-10H2,1H3/t17-/m0/s1. The molecule has 0 aromatic heterocycles. The first-order valence-electron chi connectivity index (χ1n) is 7.78. The highest BCUT2D eigenvalue weighted by Gasteiger charge is 2.38. The molecule has 0 saturated carbocycles. The van der Waals surface area contributed by atoms with Crippen LogP contribution >= 0.6 is 0 Å². The summed E-state index contributed by atoms with van der Waals surface area (Å²) in [5, 5.41) is 12.2. The predicted molar refractivity (Wildman–Crippen MR) is 93.1 cm³/mol. The van der Waals surface area contributed by atoms with Crippen LogP contribution in [0.5, 0.6) is 0 Å². The Morgan fingerprint density at radius 1 is 1.08 bits per heavy atom. The molecule has 1 aliphatic carbocycles. The van der Waals surface area contributed by atoms with Crippen LogP contribution in [0.25, 0.3) is 0 Å². The molecule has 0 saturated heterocycles. The summed E-state index contributed by atoms with van der Waals surface area (Å²) in [6.45, 7) is 1.86. The van der Waals surface area contributed by atoms with Crippen LogP contribution in [0.15, 0.2) is 53.5 Å². The third kappa shape index (κ3) is 2.98. The molecule has 24 heavy (non-hydrogen) atoms. The molecule has 2 N–H and O–H groups in total. The average molecular weight is 322 g/mol. The van der Waals surface area contributed by atoms with E-state index in [1.807, 2.05) is 31.2 Å². The molecule has 1 atom stereocenters. The molecule has 2 aromatic carbocycles. The number of aliphatic hydroxyl groups is 1. The Kier molecular flexibility index (Phi) is 4.53. The number of benzene rings is 2. The van der Waals surface area contributed by atoms with Gasteiger partial charge in [-0.25, -0.2) is 0 Å². The number of Topliss-reactive ketones (excluding diaryl/α,β-unsaturated/α-hetero) is 2. The second kappa shape index (κ2) is 6.76. The number of nitrogens with zero attached hydrogens (tertiary/aromatic N) is 1. The molecule has 122 valence electrons. The molecule has 5 heteroatoms. The number of aliphatic hydroxyl groups excluding tert-OH is 1. The van der Waals surface area contributed by atoms with Gasteiger partial charge in [-0.1, -0.05) is 36.4 Å². The van der Waals surface area contributed by atoms with Crippen LogP contribution in [-0.4, -0.2) is 41.6 Å². The number of aliphatic imine (C=N–C) groups is 1. The van der Waals surface area contributed by atoms with Crippen molar-refractivity contribution in [2.24, 2.45) is 4.99 Å². The summed E-state index contributed by atoms with van der Waals surface area (Å²) in [4.78, 5) is 29.8. The molecule has 0 heterocycles. The summed E-state index contributed by atoms with van der Waals surface area (Å²) >= 11 is 0. The van der Waals surface area contributed by atoms with Gasteiger partial charge in [-0.2, -0.15) is 0 Å². The number of hydrogen-bond donors (Lipinski definition) is 2. The van der Waals surface area contributed by atoms with Crippen LogP contribution in [0.2, 0.25) is 0 Å². The summed E-state index contributed by atoms with van der Waals surface area (Å²) in [5.74, 6) is -0.466. The molecule has 0 fully saturated rings. The third-order valence-corrected chi connectivity index (χ3v) is 3.92. The lowest BCUT2D eigenvalue weighted by molar-refractivity contribution is 0.0954. The normalized spacial score (nSPS) is 18.6. The Labute approximate surface area is 140 Å². The highest BCUT2D eigenvalue weighted by Crippen LogP contribution is 2.23. The van der Waals surface area contributed by atoms with E-state index in [-0.39, 0.29) is 30.4 Å². The topological polar surface area (TPSA) is 78.8 Å². The molecular formula is C19H18N2O3. The first-order chi connectivity index (χ1) is 11.6. The van der Waals surface area contributed by atoms with Gasteiger partial charge in [0.25, 0.3) is 0 Å². The van der Waals surface area contributed by atoms with Gasteiger partial charge in [-0.3, -0.25) is 14.6 Å². The first-order valence-corrected chi connectivity index (χ1v) is 7.78. The Bertz CT molecular complexity index is 827. The summed E-state index contributed by atoms with van der Waals surface area (Å²) in [7, 11) is 0. The summed E-state index contributed by atoms with van der Waals surface area (Å²) < 4.78 is 0. The monoisotopic (exact) mass is 322 g/mol. The number of anilines is 1. The second-order valence-electron chi connectivity index (χ2n) is 5.68. The van der Waals surface area contributed by atoms with Crippen molar-refractivity contribution in [1.29, 1.82) is 0 Å². The molecule has 1 aliphatic rings. The van der Waals surface area contributed by atoms with Crippen LogP contribution in [0.1, 0.15) is 26.3 Å². The molecule has 0 aliphatic heterocycles. The average Bonchev–Trinajstić information content (AvgIpc) is 2.59. The number of nitrogens with one attached hydrogen (secondary N) is 1. The quantitative estimate of drug-likeness (QED) is 0.905. The summed E-state index contributed by atoms with van der Waals surface area (Å²) in [6, 6.07) is 13.5. The number of ketones is 2. The molecule has 0 unspecified atom stereocenters. The number of rotatable bonds is 4. The maximum absolute atomic E-state index is 12.9. The van der Waals surface area contributed by atoms with Crippen LogP contribution in [0.4, 0.5) is 5.69 Å². The Hall–Kier alpha value is -2.79. The highest BCUT2D eigenvalue weighted by atomic mass is 16.3. The van der Waals surface area contributed by atoms with Gasteiger partial charge >= 0.3 is 0 Å². The van der Waals surface area contributed by atoms with Gasteiger partial charge in [0, 0.05) is 16.8 Å². The number of carbonyl (C=O) groups is 2. The van der Waals surface area contributed by atoms with Gasteiger partial charge in [0.05, 0.1) is 13.2 Å². The van der Waals surface area contributed by atoms with Crippen molar-refractivity contribution < 1.29 is 14.7 Å². The van der Waals surface area contributed by atoms with Crippen molar-refractivity contribution in [3.05, 3.63) is 65.2 Å². The molecule has 0 radical (unpaired) electrons. The summed E-state index contributed by atoms with van der Waals surface area (Å²) in [5.41, 5.74) is 2.70. The Morgan fingerprint density at radius 3 is 2.54 bits per heavy atom. The first kappa shape index (κ1) is 16.1. The molecule has 3 rings (SSSR count). The summed E-state index contributed by atoms with van der Waals surface area (Å²) in [6.07, 6.45) is 0. The Morgan fingerprint density at radius 2 is 1.83 bits per heavy atom. The smallest absolute Gasteiger partial charge is 0.210 e. The van der Waals surface area contributed by atoms with E-state index >= 15 is 0 Å². The molecule has 2 aromatic rings. The van der Waals surface area contributed by atoms with Crippen molar-refractivity contribution in [3.63, 3.8) is 0 Å². The van der Waals surface area contributed by atoms with Gasteiger partial charge in [-0.15, -0.1) is 0 Å². The van der Waals surface area contributed by atoms with Crippen molar-refractivity contribution in [2.75, 3.05) is 18.5 Å². The van der Waals surface area contributed by atoms with E-state index in [4.69, 9.17) is 5.11 Å². The van der Waals surface area contributed by atoms with Crippen LogP contribution < -0.4 is 5.32 Å². The molecule has 5 nitrogen and oxygen atoms in total. The number of fused-ring (bicyclic) bond motifs is 1. The zero-order valence-electron chi connectivity index (χ0n) is 13.3. The minimum Gasteiger partial charge on any atom is -0.394 e. The molecular weight excluding hydrogens is 304 g/mol. The van der Waals surface area contributed by atoms with Gasteiger partial charge in [0.15, 0.2) is 5.78 Å². The number of carbonyl (C=O) groups excluding carboxylic acids is 2. The van der Waals surface area contributed by atoms with Crippen LogP contribution in [0, 0.1) is 6.92 Å². The molecule has 0 bridgehead atoms. The van der Waals surface area contributed by atoms with Gasteiger partial charge in [0.1, 0.15) is 11.8 Å². The van der Waals surface area contributed by atoms with Crippen molar-refractivity contribution in [1.82, 2.24) is 0 Å². The van der Waals surface area contributed by atoms with Gasteiger partial charge < -0.3 is 10.4 Å². The van der Waals surface area contributed by atoms with Gasteiger partial charge in [-0.05, 0) is 24.6 Å². The fourth-order valence-corrected chi connectivity index (χ4v) is 2.81. The van der Waals surface area contributed by atoms with E-state index in [0.29, 0.717) is 11.1 Å². The zero-order chi connectivity index (χ0) is 17.1. The van der Waals surface area contributed by atoms with E-state index in [0.717, 1.165) is 11.3 Å². The third-order valence-electron chi connectivity index (χ3n) is 3.92. The second-order valence-corrected chi connectivity index (χ2v) is 5.68. The SMILES string of the molecule is Cc1cccc(N[C@@H]2C(=O)c3ccccc3C(=O)C2=NCCO)c1. The highest BCUT2D eigenvalue weighted by molar-refractivity contribution is 6.55. The molecule has 0 spiro atoms. The number of aryl methyl sites for hydroxylation is 1. The lowest BCUT2D eigenvalue weighted by Gasteiger charge is -2.26. The minimum atomic E-state index is -0.847. The fourth-order valence-electron chi connectivity index (χ4n) is 2.81. The van der Waals surface area contributed by atoms with Gasteiger partial charge in [0.2, 0.25) is 5.78 Å². The van der Waals surface area contributed by atoms with Crippen molar-refractivity contribution >= 4 is 23.0 Å². The fraction of sp³-hybridized carbons (Fsp3) is 0.211. The van der Waals surface area contributed by atoms with Crippen molar-refractivity contribution in [2.45, 2.75) is 13.0 Å². The van der Waals surface area contributed by atoms with Crippen LogP contribution in [0.3, 0.4) is 0 Å². The predicted octanol–water partition coefficient (Wildman–Crippen LogP) is 2.29. The maximum atomic E-state index is 12.9. The zero-order valence-corrected chi connectivity index (χ0v) is 13.3. The van der Waals surface area contributed by atoms with Crippen LogP contribution in [-0.2, 0) is 0 Å². The van der Waals surface area contributed by atoms with Crippen molar-refractivity contribution in [3.8, 4) is 0 Å². The number of hydrogen-bond acceptors (Lipinski definition) is 5. The largest absolute Gasteiger partial charge is 0.394 e. The van der Waals surface area contributed by atoms with E-state index < -0.39 is 6.04 Å². The van der Waals surface area contributed by atoms with E-state index in [2.05, 4.69) is 10.3 Å². The van der Waals surface area contributed by atoms with E-state index in [9.17, 15) is 9.59 Å². The molecule has 0 amide bonds. The van der Waals surface area contributed by atoms with E-state index in [1.165, 1.54) is 0 Å². The Balaban J connectivity index is 2.04. The van der Waals surface area contributed by atoms with E-state index in [1.54, 1.807) is 24.3 Å². The lowest BCUT2D eigenvalue weighted by Crippen LogP contribution is -2.46.